The first kappa shape index (κ1) is 28.4. The predicted octanol–water partition coefficient (Wildman–Crippen LogP) is 1.50. The largest absolute Gasteiger partial charge is 0.480 e. The summed E-state index contributed by atoms with van der Waals surface area (Å²) in [6.45, 7) is 5.04. The number of amides is 3. The van der Waals surface area contributed by atoms with Crippen LogP contribution in [0.5, 0.6) is 0 Å². The SMILES string of the molecule is CC(C)[C@H](NC(=O)[C@H](C)N)C(=O)N[C@@H](Cc1ccccc1)C(=O)N[C@H](Cc1c[nH]c2ccccc12)C(=O)O. The Labute approximate surface area is 221 Å². The quantitative estimate of drug-likeness (QED) is 0.211. The number of nitrogens with two attached hydrogens (primary N) is 1. The second-order valence-corrected chi connectivity index (χ2v) is 9.73. The fourth-order valence-corrected chi connectivity index (χ4v) is 4.13. The first-order chi connectivity index (χ1) is 18.1. The minimum absolute atomic E-state index is 0.0517. The number of hydrogen-bond donors (Lipinski definition) is 6. The summed E-state index contributed by atoms with van der Waals surface area (Å²) in [5, 5.41) is 18.7. The van der Waals surface area contributed by atoms with Crippen LogP contribution in [-0.4, -0.2) is 57.9 Å². The van der Waals surface area contributed by atoms with Crippen molar-refractivity contribution < 1.29 is 24.3 Å². The van der Waals surface area contributed by atoms with Gasteiger partial charge < -0.3 is 31.8 Å². The molecule has 0 aliphatic rings. The lowest BCUT2D eigenvalue weighted by Gasteiger charge is -2.26. The monoisotopic (exact) mass is 521 g/mol. The molecule has 0 saturated heterocycles. The van der Waals surface area contributed by atoms with E-state index in [1.54, 1.807) is 20.0 Å². The molecule has 0 spiro atoms. The first-order valence-electron chi connectivity index (χ1n) is 12.5. The highest BCUT2D eigenvalue weighted by molar-refractivity contribution is 5.94. The predicted molar refractivity (Wildman–Crippen MR) is 144 cm³/mol. The molecular weight excluding hydrogens is 486 g/mol. The van der Waals surface area contributed by atoms with Crippen molar-refractivity contribution in [1.82, 2.24) is 20.9 Å². The number of carbonyl (C=O) groups excluding carboxylic acids is 3. The van der Waals surface area contributed by atoms with Crippen molar-refractivity contribution in [1.29, 1.82) is 0 Å². The Hall–Kier alpha value is -4.18. The molecular formula is C28H35N5O5. The maximum Gasteiger partial charge on any atom is 0.326 e. The van der Waals surface area contributed by atoms with Crippen LogP contribution in [0.25, 0.3) is 10.9 Å². The van der Waals surface area contributed by atoms with E-state index < -0.39 is 47.9 Å². The van der Waals surface area contributed by atoms with E-state index >= 15 is 0 Å². The van der Waals surface area contributed by atoms with Gasteiger partial charge in [0.05, 0.1) is 6.04 Å². The van der Waals surface area contributed by atoms with E-state index in [-0.39, 0.29) is 18.8 Å². The van der Waals surface area contributed by atoms with Gasteiger partial charge in [-0.1, -0.05) is 62.4 Å². The van der Waals surface area contributed by atoms with Crippen molar-refractivity contribution in [2.45, 2.75) is 57.8 Å². The molecule has 3 aromatic rings. The van der Waals surface area contributed by atoms with Crippen molar-refractivity contribution in [3.05, 3.63) is 71.9 Å². The van der Waals surface area contributed by atoms with E-state index in [1.807, 2.05) is 54.6 Å². The van der Waals surface area contributed by atoms with Gasteiger partial charge in [0.2, 0.25) is 17.7 Å². The zero-order valence-electron chi connectivity index (χ0n) is 21.7. The average molecular weight is 522 g/mol. The van der Waals surface area contributed by atoms with Crippen molar-refractivity contribution >= 4 is 34.6 Å². The second kappa shape index (κ2) is 12.9. The number of rotatable bonds is 12. The molecule has 7 N–H and O–H groups in total. The van der Waals surface area contributed by atoms with Crippen molar-refractivity contribution in [3.63, 3.8) is 0 Å². The van der Waals surface area contributed by atoms with Gasteiger partial charge in [-0.2, -0.15) is 0 Å². The van der Waals surface area contributed by atoms with Crippen LogP contribution >= 0.6 is 0 Å². The normalized spacial score (nSPS) is 14.3. The standard InChI is InChI=1S/C28H35N5O5/c1-16(2)24(33-25(34)17(3)29)27(36)31-22(13-18-9-5-4-6-10-18)26(35)32-23(28(37)38)14-19-15-30-21-12-8-7-11-20(19)21/h4-12,15-17,22-24,30H,13-14,29H2,1-3H3,(H,31,36)(H,32,35)(H,33,34)(H,37,38)/t17-,22-,23+,24-/m0/s1. The molecule has 10 heteroatoms. The van der Waals surface area contributed by atoms with E-state index in [1.165, 1.54) is 6.92 Å². The zero-order chi connectivity index (χ0) is 27.8. The Morgan fingerprint density at radius 2 is 1.45 bits per heavy atom. The molecule has 10 nitrogen and oxygen atoms in total. The van der Waals surface area contributed by atoms with Gasteiger partial charge in [0.1, 0.15) is 18.1 Å². The number of carboxylic acid groups (broad SMARTS) is 1. The van der Waals surface area contributed by atoms with E-state index in [2.05, 4.69) is 20.9 Å². The van der Waals surface area contributed by atoms with Gasteiger partial charge in [0, 0.05) is 29.9 Å². The molecule has 38 heavy (non-hydrogen) atoms. The Morgan fingerprint density at radius 1 is 0.816 bits per heavy atom. The third-order valence-corrected chi connectivity index (χ3v) is 6.29. The van der Waals surface area contributed by atoms with E-state index in [9.17, 15) is 24.3 Å². The molecule has 0 bridgehead atoms. The average Bonchev–Trinajstić information content (AvgIpc) is 3.29. The van der Waals surface area contributed by atoms with E-state index in [0.717, 1.165) is 22.0 Å². The highest BCUT2D eigenvalue weighted by atomic mass is 16.4. The van der Waals surface area contributed by atoms with Gasteiger partial charge in [-0.05, 0) is 30.0 Å². The van der Waals surface area contributed by atoms with Crippen molar-refractivity contribution in [3.8, 4) is 0 Å². The Morgan fingerprint density at radius 3 is 2.08 bits per heavy atom. The van der Waals surface area contributed by atoms with Crippen LogP contribution in [0.4, 0.5) is 0 Å². The number of carbonyl (C=O) groups is 4. The highest BCUT2D eigenvalue weighted by Gasteiger charge is 2.31. The number of benzene rings is 2. The smallest absolute Gasteiger partial charge is 0.326 e. The van der Waals surface area contributed by atoms with Crippen LogP contribution in [0, 0.1) is 5.92 Å². The number of aliphatic carboxylic acids is 1. The fourth-order valence-electron chi connectivity index (χ4n) is 4.13. The molecule has 1 aromatic heterocycles. The summed E-state index contributed by atoms with van der Waals surface area (Å²) in [5.74, 6) is -3.18. The van der Waals surface area contributed by atoms with E-state index in [0.29, 0.717) is 0 Å². The maximum absolute atomic E-state index is 13.4. The molecule has 0 radical (unpaired) electrons. The summed E-state index contributed by atoms with van der Waals surface area (Å²) in [7, 11) is 0. The molecule has 202 valence electrons. The molecule has 0 saturated carbocycles. The number of fused-ring (bicyclic) bond motifs is 1. The van der Waals surface area contributed by atoms with Crippen LogP contribution in [0.3, 0.4) is 0 Å². The summed E-state index contributed by atoms with van der Waals surface area (Å²) in [6, 6.07) is 12.5. The minimum atomic E-state index is -1.23. The molecule has 3 rings (SSSR count). The molecule has 3 amide bonds. The lowest BCUT2D eigenvalue weighted by molar-refractivity contribution is -0.142. The Balaban J connectivity index is 1.81. The van der Waals surface area contributed by atoms with Gasteiger partial charge >= 0.3 is 5.97 Å². The Bertz CT molecular complexity index is 1270. The molecule has 2 aromatic carbocycles. The number of aromatic nitrogens is 1. The van der Waals surface area contributed by atoms with Gasteiger partial charge in [-0.15, -0.1) is 0 Å². The number of aromatic amines is 1. The Kier molecular flexibility index (Phi) is 9.61. The number of hydrogen-bond acceptors (Lipinski definition) is 5. The first-order valence-corrected chi connectivity index (χ1v) is 12.5. The van der Waals surface area contributed by atoms with Gasteiger partial charge in [0.15, 0.2) is 0 Å². The van der Waals surface area contributed by atoms with Crippen LogP contribution in [0.15, 0.2) is 60.8 Å². The number of para-hydroxylation sites is 1. The molecule has 0 aliphatic heterocycles. The van der Waals surface area contributed by atoms with E-state index in [4.69, 9.17) is 5.73 Å². The molecule has 1 heterocycles. The maximum atomic E-state index is 13.4. The highest BCUT2D eigenvalue weighted by Crippen LogP contribution is 2.19. The molecule has 4 atom stereocenters. The van der Waals surface area contributed by atoms with Gasteiger partial charge in [0.25, 0.3) is 0 Å². The molecule has 0 unspecified atom stereocenters. The lowest BCUT2D eigenvalue weighted by atomic mass is 10.00. The summed E-state index contributed by atoms with van der Waals surface area (Å²) in [5.41, 5.74) is 8.03. The third-order valence-electron chi connectivity index (χ3n) is 6.29. The zero-order valence-corrected chi connectivity index (χ0v) is 21.7. The van der Waals surface area contributed by atoms with Crippen LogP contribution < -0.4 is 21.7 Å². The van der Waals surface area contributed by atoms with Gasteiger partial charge in [-0.25, -0.2) is 4.79 Å². The van der Waals surface area contributed by atoms with Crippen LogP contribution in [0.1, 0.15) is 31.9 Å². The number of H-pyrrole nitrogens is 1. The van der Waals surface area contributed by atoms with Crippen LogP contribution in [-0.2, 0) is 32.0 Å². The molecule has 0 aliphatic carbocycles. The summed E-state index contributed by atoms with van der Waals surface area (Å²) < 4.78 is 0. The van der Waals surface area contributed by atoms with Gasteiger partial charge in [-0.3, -0.25) is 14.4 Å². The third kappa shape index (κ3) is 7.42. The van der Waals surface area contributed by atoms with Crippen LogP contribution in [0.2, 0.25) is 0 Å². The number of carboxylic acids is 1. The summed E-state index contributed by atoms with van der Waals surface area (Å²) >= 11 is 0. The minimum Gasteiger partial charge on any atom is -0.480 e. The second-order valence-electron chi connectivity index (χ2n) is 9.73. The topological polar surface area (TPSA) is 166 Å². The number of nitrogens with one attached hydrogen (secondary N) is 4. The summed E-state index contributed by atoms with van der Waals surface area (Å²) in [6.07, 6.45) is 1.91. The summed E-state index contributed by atoms with van der Waals surface area (Å²) in [4.78, 5) is 54.0. The fraction of sp³-hybridized carbons (Fsp3) is 0.357. The lowest BCUT2D eigenvalue weighted by Crippen LogP contribution is -2.58. The van der Waals surface area contributed by atoms with Crippen molar-refractivity contribution in [2.24, 2.45) is 11.7 Å². The van der Waals surface area contributed by atoms with Crippen molar-refractivity contribution in [2.75, 3.05) is 0 Å². The molecule has 0 fully saturated rings.